The Balaban J connectivity index is 1.15. The molecule has 0 amide bonds. The third kappa shape index (κ3) is 4.79. The number of benzene rings is 2. The van der Waals surface area contributed by atoms with E-state index in [9.17, 15) is 0 Å². The van der Waals surface area contributed by atoms with Gasteiger partial charge in [0.1, 0.15) is 5.75 Å². The van der Waals surface area contributed by atoms with E-state index in [-0.39, 0.29) is 6.04 Å². The van der Waals surface area contributed by atoms with Gasteiger partial charge in [0.2, 0.25) is 23.4 Å². The fourth-order valence-corrected chi connectivity index (χ4v) is 3.94. The van der Waals surface area contributed by atoms with Gasteiger partial charge in [-0.15, -0.1) is 0 Å². The van der Waals surface area contributed by atoms with Crippen molar-refractivity contribution in [3.05, 3.63) is 66.4 Å². The second kappa shape index (κ2) is 9.51. The molecular formula is C24H26N6O3. The Kier molecular flexibility index (Phi) is 6.14. The molecule has 1 aliphatic rings. The SMILES string of the molecule is COc1ccc(-c2noc(CN3CCN(C(C)c4nc(-c5ccccc5)no4)CC3)n2)cc1. The predicted molar refractivity (Wildman–Crippen MR) is 121 cm³/mol. The van der Waals surface area contributed by atoms with Crippen molar-refractivity contribution in [2.45, 2.75) is 19.5 Å². The van der Waals surface area contributed by atoms with Crippen LogP contribution in [0.5, 0.6) is 5.75 Å². The summed E-state index contributed by atoms with van der Waals surface area (Å²) in [6.07, 6.45) is 0. The predicted octanol–water partition coefficient (Wildman–Crippen LogP) is 3.67. The molecule has 0 bridgehead atoms. The molecule has 1 fully saturated rings. The second-order valence-electron chi connectivity index (χ2n) is 8.05. The van der Waals surface area contributed by atoms with E-state index in [2.05, 4.69) is 37.0 Å². The molecule has 1 aliphatic heterocycles. The minimum absolute atomic E-state index is 0.0576. The average molecular weight is 447 g/mol. The van der Waals surface area contributed by atoms with Crippen molar-refractivity contribution in [2.24, 2.45) is 0 Å². The maximum atomic E-state index is 5.56. The van der Waals surface area contributed by atoms with Crippen LogP contribution in [0, 0.1) is 0 Å². The molecular weight excluding hydrogens is 420 g/mol. The Morgan fingerprint density at radius 3 is 2.24 bits per heavy atom. The summed E-state index contributed by atoms with van der Waals surface area (Å²) in [7, 11) is 1.64. The summed E-state index contributed by atoms with van der Waals surface area (Å²) in [6.45, 7) is 6.31. The lowest BCUT2D eigenvalue weighted by molar-refractivity contribution is 0.0785. The zero-order valence-corrected chi connectivity index (χ0v) is 18.7. The summed E-state index contributed by atoms with van der Waals surface area (Å²) in [4.78, 5) is 13.8. The van der Waals surface area contributed by atoms with Crippen LogP contribution in [-0.4, -0.2) is 63.4 Å². The van der Waals surface area contributed by atoms with Crippen molar-refractivity contribution in [2.75, 3.05) is 33.3 Å². The van der Waals surface area contributed by atoms with E-state index in [1.54, 1.807) is 7.11 Å². The van der Waals surface area contributed by atoms with Gasteiger partial charge in [-0.25, -0.2) is 0 Å². The van der Waals surface area contributed by atoms with Crippen LogP contribution in [0.4, 0.5) is 0 Å². The van der Waals surface area contributed by atoms with Crippen molar-refractivity contribution < 1.29 is 13.8 Å². The quantitative estimate of drug-likeness (QED) is 0.421. The minimum atomic E-state index is 0.0576. The number of hydrogen-bond acceptors (Lipinski definition) is 9. The maximum absolute atomic E-state index is 5.56. The summed E-state index contributed by atoms with van der Waals surface area (Å²) in [5.74, 6) is 3.27. The van der Waals surface area contributed by atoms with Gasteiger partial charge in [0.05, 0.1) is 19.7 Å². The van der Waals surface area contributed by atoms with Crippen molar-refractivity contribution in [3.8, 4) is 28.5 Å². The Hall–Kier alpha value is -3.56. The van der Waals surface area contributed by atoms with Crippen LogP contribution >= 0.6 is 0 Å². The number of rotatable bonds is 7. The van der Waals surface area contributed by atoms with E-state index in [4.69, 9.17) is 13.8 Å². The molecule has 2 aromatic heterocycles. The van der Waals surface area contributed by atoms with Crippen LogP contribution in [0.1, 0.15) is 24.7 Å². The molecule has 9 nitrogen and oxygen atoms in total. The molecule has 1 saturated heterocycles. The van der Waals surface area contributed by atoms with Crippen LogP contribution in [0.15, 0.2) is 63.6 Å². The summed E-state index contributed by atoms with van der Waals surface area (Å²) in [5.41, 5.74) is 1.86. The van der Waals surface area contributed by atoms with E-state index in [0.717, 1.165) is 43.1 Å². The molecule has 1 unspecified atom stereocenters. The van der Waals surface area contributed by atoms with Crippen LogP contribution in [0.25, 0.3) is 22.8 Å². The van der Waals surface area contributed by atoms with Gasteiger partial charge >= 0.3 is 0 Å². The minimum Gasteiger partial charge on any atom is -0.497 e. The van der Waals surface area contributed by atoms with Gasteiger partial charge in [0, 0.05) is 37.3 Å². The Bertz CT molecular complexity index is 1170. The molecule has 170 valence electrons. The zero-order valence-electron chi connectivity index (χ0n) is 18.7. The summed E-state index contributed by atoms with van der Waals surface area (Å²) in [6, 6.07) is 17.6. The average Bonchev–Trinajstić information content (AvgIpc) is 3.55. The normalized spacial score (nSPS) is 16.1. The molecule has 0 aliphatic carbocycles. The molecule has 33 heavy (non-hydrogen) atoms. The first-order chi connectivity index (χ1) is 16.2. The molecule has 3 heterocycles. The highest BCUT2D eigenvalue weighted by Crippen LogP contribution is 2.24. The van der Waals surface area contributed by atoms with Crippen LogP contribution in [0.2, 0.25) is 0 Å². The molecule has 0 spiro atoms. The van der Waals surface area contributed by atoms with E-state index in [0.29, 0.717) is 30.0 Å². The van der Waals surface area contributed by atoms with E-state index < -0.39 is 0 Å². The third-order valence-corrected chi connectivity index (χ3v) is 5.96. The molecule has 0 radical (unpaired) electrons. The van der Waals surface area contributed by atoms with Gasteiger partial charge in [-0.05, 0) is 31.2 Å². The van der Waals surface area contributed by atoms with E-state index >= 15 is 0 Å². The smallest absolute Gasteiger partial charge is 0.244 e. The monoisotopic (exact) mass is 446 g/mol. The van der Waals surface area contributed by atoms with Crippen molar-refractivity contribution >= 4 is 0 Å². The Morgan fingerprint density at radius 1 is 0.848 bits per heavy atom. The fourth-order valence-electron chi connectivity index (χ4n) is 3.94. The first kappa shape index (κ1) is 21.3. The fraction of sp³-hybridized carbons (Fsp3) is 0.333. The van der Waals surface area contributed by atoms with Crippen LogP contribution in [0.3, 0.4) is 0 Å². The maximum Gasteiger partial charge on any atom is 0.244 e. The summed E-state index contributed by atoms with van der Waals surface area (Å²) in [5, 5.41) is 8.28. The molecule has 0 N–H and O–H groups in total. The number of hydrogen-bond donors (Lipinski definition) is 0. The molecule has 1 atom stereocenters. The highest BCUT2D eigenvalue weighted by atomic mass is 16.5. The summed E-state index contributed by atoms with van der Waals surface area (Å²) >= 11 is 0. The number of nitrogens with zero attached hydrogens (tertiary/aromatic N) is 6. The number of aromatic nitrogens is 4. The number of piperazine rings is 1. The Morgan fingerprint density at radius 2 is 1.52 bits per heavy atom. The zero-order chi connectivity index (χ0) is 22.6. The van der Waals surface area contributed by atoms with Gasteiger partial charge < -0.3 is 13.8 Å². The van der Waals surface area contributed by atoms with Gasteiger partial charge in [0.15, 0.2) is 0 Å². The number of methoxy groups -OCH3 is 1. The molecule has 9 heteroatoms. The molecule has 5 rings (SSSR count). The van der Waals surface area contributed by atoms with Crippen LogP contribution < -0.4 is 4.74 Å². The van der Waals surface area contributed by atoms with Gasteiger partial charge in [-0.1, -0.05) is 40.6 Å². The van der Waals surface area contributed by atoms with Gasteiger partial charge in [0.25, 0.3) is 0 Å². The lowest BCUT2D eigenvalue weighted by Gasteiger charge is -2.36. The largest absolute Gasteiger partial charge is 0.497 e. The first-order valence-corrected chi connectivity index (χ1v) is 11.0. The van der Waals surface area contributed by atoms with Crippen LogP contribution in [-0.2, 0) is 6.54 Å². The Labute approximate surface area is 192 Å². The molecule has 4 aromatic rings. The number of ether oxygens (including phenoxy) is 1. The lowest BCUT2D eigenvalue weighted by atomic mass is 10.2. The molecule has 2 aromatic carbocycles. The van der Waals surface area contributed by atoms with Crippen molar-refractivity contribution in [1.82, 2.24) is 30.1 Å². The third-order valence-electron chi connectivity index (χ3n) is 5.96. The second-order valence-corrected chi connectivity index (χ2v) is 8.05. The van der Waals surface area contributed by atoms with Gasteiger partial charge in [-0.3, -0.25) is 9.80 Å². The highest BCUT2D eigenvalue weighted by Gasteiger charge is 2.26. The lowest BCUT2D eigenvalue weighted by Crippen LogP contribution is -2.46. The highest BCUT2D eigenvalue weighted by molar-refractivity contribution is 5.55. The standard InChI is InChI=1S/C24H26N6O3/c1-17(24-26-23(28-33-24)18-6-4-3-5-7-18)30-14-12-29(13-15-30)16-21-25-22(27-32-21)19-8-10-20(31-2)11-9-19/h3-11,17H,12-16H2,1-2H3. The summed E-state index contributed by atoms with van der Waals surface area (Å²) < 4.78 is 16.2. The van der Waals surface area contributed by atoms with Gasteiger partial charge in [-0.2, -0.15) is 9.97 Å². The van der Waals surface area contributed by atoms with Crippen molar-refractivity contribution in [3.63, 3.8) is 0 Å². The van der Waals surface area contributed by atoms with Crippen molar-refractivity contribution in [1.29, 1.82) is 0 Å². The first-order valence-electron chi connectivity index (χ1n) is 11.0. The van der Waals surface area contributed by atoms with E-state index in [1.165, 1.54) is 0 Å². The molecule has 0 saturated carbocycles. The topological polar surface area (TPSA) is 93.6 Å². The van der Waals surface area contributed by atoms with E-state index in [1.807, 2.05) is 54.6 Å².